The van der Waals surface area contributed by atoms with Gasteiger partial charge in [-0.05, 0) is 12.1 Å². The number of aromatic amines is 1. The summed E-state index contributed by atoms with van der Waals surface area (Å²) in [7, 11) is 4.46. The van der Waals surface area contributed by atoms with Crippen LogP contribution in [0.15, 0.2) is 39.0 Å². The number of thioether (sulfide) groups is 1. The highest BCUT2D eigenvalue weighted by atomic mass is 32.2. The van der Waals surface area contributed by atoms with Crippen molar-refractivity contribution < 1.29 is 9.53 Å². The van der Waals surface area contributed by atoms with E-state index in [0.717, 1.165) is 16.3 Å². The van der Waals surface area contributed by atoms with Gasteiger partial charge in [-0.2, -0.15) is 0 Å². The fourth-order valence-electron chi connectivity index (χ4n) is 2.44. The number of amides is 1. The molecule has 26 heavy (non-hydrogen) atoms. The van der Waals surface area contributed by atoms with E-state index in [1.807, 2.05) is 6.07 Å². The average Bonchev–Trinajstić information content (AvgIpc) is 3.08. The van der Waals surface area contributed by atoms with Crippen molar-refractivity contribution in [2.75, 3.05) is 18.2 Å². The number of carbonyl (C=O) groups excluding carboxylic acids is 1. The molecule has 3 aromatic rings. The van der Waals surface area contributed by atoms with Crippen molar-refractivity contribution in [1.82, 2.24) is 19.1 Å². The number of methoxy groups -OCH3 is 1. The number of aryl methyl sites for hydroxylation is 1. The fraction of sp³-hybridized carbons (Fsp3) is 0.250. The number of benzene rings is 1. The first-order chi connectivity index (χ1) is 12.4. The summed E-state index contributed by atoms with van der Waals surface area (Å²) in [5, 5.41) is 3.14. The summed E-state index contributed by atoms with van der Waals surface area (Å²) < 4.78 is 7.48. The molecule has 2 aromatic heterocycles. The molecule has 0 aliphatic heterocycles. The van der Waals surface area contributed by atoms with Gasteiger partial charge in [-0.1, -0.05) is 23.9 Å². The Morgan fingerprint density at radius 3 is 2.73 bits per heavy atom. The van der Waals surface area contributed by atoms with Gasteiger partial charge in [-0.15, -0.1) is 0 Å². The number of hydrogen-bond donors (Lipinski definition) is 2. The number of para-hydroxylation sites is 2. The van der Waals surface area contributed by atoms with Gasteiger partial charge in [0.1, 0.15) is 5.75 Å². The maximum atomic E-state index is 12.2. The number of anilines is 1. The first-order valence-electron chi connectivity index (χ1n) is 7.63. The molecule has 3 rings (SSSR count). The van der Waals surface area contributed by atoms with Crippen molar-refractivity contribution >= 4 is 34.5 Å². The molecule has 0 spiro atoms. The van der Waals surface area contributed by atoms with Crippen LogP contribution in [0.25, 0.3) is 11.2 Å². The van der Waals surface area contributed by atoms with Gasteiger partial charge in [0, 0.05) is 14.1 Å². The normalized spacial score (nSPS) is 10.9. The van der Waals surface area contributed by atoms with Crippen LogP contribution in [0.3, 0.4) is 0 Å². The number of imidazole rings is 1. The number of carbonyl (C=O) groups is 1. The van der Waals surface area contributed by atoms with E-state index < -0.39 is 11.2 Å². The molecule has 0 fully saturated rings. The number of nitrogens with zero attached hydrogens (tertiary/aromatic N) is 3. The molecule has 0 radical (unpaired) electrons. The molecular formula is C16H17N5O4S. The minimum Gasteiger partial charge on any atom is -0.495 e. The van der Waals surface area contributed by atoms with Crippen LogP contribution < -0.4 is 21.3 Å². The van der Waals surface area contributed by atoms with E-state index in [9.17, 15) is 14.4 Å². The predicted octanol–water partition coefficient (Wildman–Crippen LogP) is 0.700. The smallest absolute Gasteiger partial charge is 0.332 e. The van der Waals surface area contributed by atoms with Crippen molar-refractivity contribution in [3.63, 3.8) is 0 Å². The molecule has 10 heteroatoms. The summed E-state index contributed by atoms with van der Waals surface area (Å²) in [5.41, 5.74) is 0.134. The van der Waals surface area contributed by atoms with E-state index in [1.165, 1.54) is 25.8 Å². The topological polar surface area (TPSA) is 111 Å². The summed E-state index contributed by atoms with van der Waals surface area (Å²) in [5.74, 6) is 0.390. The van der Waals surface area contributed by atoms with Gasteiger partial charge in [-0.25, -0.2) is 9.78 Å². The molecule has 0 saturated heterocycles. The van der Waals surface area contributed by atoms with E-state index in [1.54, 1.807) is 18.2 Å². The number of fused-ring (bicyclic) bond motifs is 1. The lowest BCUT2D eigenvalue weighted by molar-refractivity contribution is -0.113. The molecule has 9 nitrogen and oxygen atoms in total. The first-order valence-corrected chi connectivity index (χ1v) is 8.62. The number of rotatable bonds is 5. The third kappa shape index (κ3) is 3.23. The Kier molecular flexibility index (Phi) is 4.85. The molecule has 0 unspecified atom stereocenters. The predicted molar refractivity (Wildman–Crippen MR) is 98.9 cm³/mol. The van der Waals surface area contributed by atoms with Gasteiger partial charge in [0.2, 0.25) is 5.91 Å². The van der Waals surface area contributed by atoms with E-state index in [2.05, 4.69) is 15.3 Å². The third-order valence-electron chi connectivity index (χ3n) is 3.79. The average molecular weight is 375 g/mol. The highest BCUT2D eigenvalue weighted by Gasteiger charge is 2.15. The van der Waals surface area contributed by atoms with Crippen LogP contribution in [0.1, 0.15) is 0 Å². The van der Waals surface area contributed by atoms with Crippen LogP contribution in [-0.2, 0) is 18.9 Å². The second-order valence-corrected chi connectivity index (χ2v) is 6.45. The molecule has 0 aliphatic rings. The maximum Gasteiger partial charge on any atom is 0.332 e. The number of aromatic nitrogens is 4. The molecule has 0 aliphatic carbocycles. The van der Waals surface area contributed by atoms with Crippen LogP contribution in [0.2, 0.25) is 0 Å². The quantitative estimate of drug-likeness (QED) is 0.635. The fourth-order valence-corrected chi connectivity index (χ4v) is 3.11. The summed E-state index contributed by atoms with van der Waals surface area (Å²) in [4.78, 5) is 43.3. The van der Waals surface area contributed by atoms with Crippen molar-refractivity contribution in [3.05, 3.63) is 45.1 Å². The lowest BCUT2D eigenvalue weighted by atomic mass is 10.3. The highest BCUT2D eigenvalue weighted by Crippen LogP contribution is 2.24. The van der Waals surface area contributed by atoms with Gasteiger partial charge < -0.3 is 15.0 Å². The lowest BCUT2D eigenvalue weighted by Gasteiger charge is -2.09. The summed E-state index contributed by atoms with van der Waals surface area (Å²) in [6.07, 6.45) is 0. The number of H-pyrrole nitrogens is 1. The Labute approximate surface area is 152 Å². The zero-order chi connectivity index (χ0) is 18.8. The van der Waals surface area contributed by atoms with E-state index >= 15 is 0 Å². The van der Waals surface area contributed by atoms with Crippen molar-refractivity contribution in [1.29, 1.82) is 0 Å². The third-order valence-corrected chi connectivity index (χ3v) is 4.67. The van der Waals surface area contributed by atoms with E-state index in [0.29, 0.717) is 16.6 Å². The van der Waals surface area contributed by atoms with Gasteiger partial charge in [0.15, 0.2) is 16.3 Å². The second-order valence-electron chi connectivity index (χ2n) is 5.48. The number of hydrogen-bond acceptors (Lipinski definition) is 6. The van der Waals surface area contributed by atoms with Crippen LogP contribution in [0, 0.1) is 0 Å². The molecule has 0 bridgehead atoms. The van der Waals surface area contributed by atoms with Crippen molar-refractivity contribution in [2.24, 2.45) is 14.1 Å². The van der Waals surface area contributed by atoms with Crippen LogP contribution in [0.5, 0.6) is 5.75 Å². The van der Waals surface area contributed by atoms with Crippen molar-refractivity contribution in [3.8, 4) is 5.75 Å². The van der Waals surface area contributed by atoms with E-state index in [4.69, 9.17) is 4.74 Å². The Bertz CT molecular complexity index is 1100. The molecule has 136 valence electrons. The molecule has 0 atom stereocenters. The lowest BCUT2D eigenvalue weighted by Crippen LogP contribution is -2.36. The number of ether oxygens (including phenoxy) is 1. The van der Waals surface area contributed by atoms with Crippen LogP contribution in [-0.4, -0.2) is 37.9 Å². The molecular weight excluding hydrogens is 358 g/mol. The Hall–Kier alpha value is -3.01. The van der Waals surface area contributed by atoms with Gasteiger partial charge >= 0.3 is 5.69 Å². The zero-order valence-electron chi connectivity index (χ0n) is 14.4. The summed E-state index contributed by atoms with van der Waals surface area (Å²) >= 11 is 1.13. The van der Waals surface area contributed by atoms with E-state index in [-0.39, 0.29) is 22.8 Å². The molecule has 1 amide bonds. The van der Waals surface area contributed by atoms with Gasteiger partial charge in [0.05, 0.1) is 18.6 Å². The largest absolute Gasteiger partial charge is 0.495 e. The minimum atomic E-state index is -0.459. The standard InChI is InChI=1S/C16H17N5O4S/c1-20-13-12(14(23)21(2)16(20)24)18-15(19-13)26-8-11(22)17-9-6-4-5-7-10(9)25-3/h4-7H,8H2,1-3H3,(H,17,22)(H,18,19). The Balaban J connectivity index is 1.77. The van der Waals surface area contributed by atoms with Crippen molar-refractivity contribution in [2.45, 2.75) is 5.16 Å². The second kappa shape index (κ2) is 7.08. The van der Waals surface area contributed by atoms with Crippen LogP contribution in [0.4, 0.5) is 5.69 Å². The van der Waals surface area contributed by atoms with Gasteiger partial charge in [0.25, 0.3) is 5.56 Å². The SMILES string of the molecule is COc1ccccc1NC(=O)CSc1nc2c([nH]1)c(=O)n(C)c(=O)n2C. The van der Waals surface area contributed by atoms with Gasteiger partial charge in [-0.3, -0.25) is 18.7 Å². The summed E-state index contributed by atoms with van der Waals surface area (Å²) in [6.45, 7) is 0. The number of nitrogens with one attached hydrogen (secondary N) is 2. The van der Waals surface area contributed by atoms with Crippen LogP contribution >= 0.6 is 11.8 Å². The highest BCUT2D eigenvalue weighted by molar-refractivity contribution is 7.99. The molecule has 2 N–H and O–H groups in total. The Morgan fingerprint density at radius 2 is 2.00 bits per heavy atom. The molecule has 0 saturated carbocycles. The maximum absolute atomic E-state index is 12.2. The zero-order valence-corrected chi connectivity index (χ0v) is 15.2. The summed E-state index contributed by atoms with van der Waals surface area (Å²) in [6, 6.07) is 7.09. The molecule has 2 heterocycles. The molecule has 1 aromatic carbocycles. The Morgan fingerprint density at radius 1 is 1.27 bits per heavy atom. The first kappa shape index (κ1) is 17.8. The minimum absolute atomic E-state index is 0.0755. The monoisotopic (exact) mass is 375 g/mol.